The molecule has 0 amide bonds. The molecule has 2 rings (SSSR count). The number of halogens is 2. The van der Waals surface area contributed by atoms with Crippen molar-refractivity contribution < 1.29 is 8.78 Å². The summed E-state index contributed by atoms with van der Waals surface area (Å²) in [5, 5.41) is 3.41. The molecule has 2 aromatic rings. The fourth-order valence-corrected chi connectivity index (χ4v) is 2.31. The van der Waals surface area contributed by atoms with Crippen molar-refractivity contribution in [3.8, 4) is 11.1 Å². The quantitative estimate of drug-likeness (QED) is 0.816. The van der Waals surface area contributed by atoms with Gasteiger partial charge in [0, 0.05) is 17.7 Å². The van der Waals surface area contributed by atoms with Crippen LogP contribution in [0.1, 0.15) is 37.4 Å². The van der Waals surface area contributed by atoms with E-state index in [1.165, 1.54) is 0 Å². The third-order valence-electron chi connectivity index (χ3n) is 3.67. The summed E-state index contributed by atoms with van der Waals surface area (Å²) in [5.41, 5.74) is 2.82. The first-order chi connectivity index (χ1) is 10.0. The fraction of sp³-hybridized carbons (Fsp3) is 0.333. The zero-order valence-electron chi connectivity index (χ0n) is 12.7. The Hall–Kier alpha value is -1.74. The zero-order valence-corrected chi connectivity index (χ0v) is 12.7. The molecular formula is C18H21F2N. The topological polar surface area (TPSA) is 12.0 Å². The van der Waals surface area contributed by atoms with E-state index in [0.717, 1.165) is 30.2 Å². The highest BCUT2D eigenvalue weighted by atomic mass is 19.1. The number of hydrogen-bond acceptors (Lipinski definition) is 1. The number of aryl methyl sites for hydroxylation is 1. The molecule has 0 aliphatic carbocycles. The van der Waals surface area contributed by atoms with Gasteiger partial charge in [-0.1, -0.05) is 31.2 Å². The normalized spacial score (nSPS) is 12.4. The molecule has 1 unspecified atom stereocenters. The van der Waals surface area contributed by atoms with Gasteiger partial charge in [0.15, 0.2) is 0 Å². The summed E-state index contributed by atoms with van der Waals surface area (Å²) < 4.78 is 27.2. The molecule has 2 aromatic carbocycles. The van der Waals surface area contributed by atoms with E-state index in [1.807, 2.05) is 24.3 Å². The van der Waals surface area contributed by atoms with Gasteiger partial charge in [-0.05, 0) is 49.6 Å². The smallest absolute Gasteiger partial charge is 0.133 e. The van der Waals surface area contributed by atoms with Crippen LogP contribution in [0.4, 0.5) is 8.78 Å². The van der Waals surface area contributed by atoms with Crippen LogP contribution in [0.2, 0.25) is 0 Å². The minimum Gasteiger partial charge on any atom is -0.310 e. The van der Waals surface area contributed by atoms with E-state index in [0.29, 0.717) is 11.1 Å². The molecule has 0 bridgehead atoms. The Bertz CT molecular complexity index is 605. The highest BCUT2D eigenvalue weighted by Gasteiger charge is 2.10. The van der Waals surface area contributed by atoms with Gasteiger partial charge in [0.2, 0.25) is 0 Å². The first-order valence-electron chi connectivity index (χ1n) is 7.32. The molecule has 0 aliphatic rings. The standard InChI is InChI=1S/C18H21F2N/c1-4-9-21-13(3)14-5-7-15(8-6-14)16-10-12(2)17(19)11-18(16)20/h5-8,10-11,13,21H,4,9H2,1-3H3. The van der Waals surface area contributed by atoms with Gasteiger partial charge < -0.3 is 5.32 Å². The third kappa shape index (κ3) is 3.67. The largest absolute Gasteiger partial charge is 0.310 e. The molecule has 0 heterocycles. The second-order valence-corrected chi connectivity index (χ2v) is 5.38. The molecule has 0 saturated heterocycles. The molecular weight excluding hydrogens is 268 g/mol. The highest BCUT2D eigenvalue weighted by Crippen LogP contribution is 2.26. The second-order valence-electron chi connectivity index (χ2n) is 5.38. The zero-order chi connectivity index (χ0) is 15.4. The van der Waals surface area contributed by atoms with Crippen LogP contribution < -0.4 is 5.32 Å². The SMILES string of the molecule is CCCNC(C)c1ccc(-c2cc(C)c(F)cc2F)cc1. The molecule has 3 heteroatoms. The van der Waals surface area contributed by atoms with Gasteiger partial charge in [-0.3, -0.25) is 0 Å². The van der Waals surface area contributed by atoms with Crippen LogP contribution in [0.25, 0.3) is 11.1 Å². The Kier molecular flexibility index (Phi) is 5.07. The molecule has 0 aliphatic heterocycles. The Balaban J connectivity index is 2.25. The van der Waals surface area contributed by atoms with Crippen molar-refractivity contribution in [1.29, 1.82) is 0 Å². The predicted molar refractivity (Wildman–Crippen MR) is 83.2 cm³/mol. The lowest BCUT2D eigenvalue weighted by atomic mass is 9.99. The molecule has 21 heavy (non-hydrogen) atoms. The molecule has 1 N–H and O–H groups in total. The Morgan fingerprint density at radius 3 is 2.33 bits per heavy atom. The van der Waals surface area contributed by atoms with E-state index < -0.39 is 11.6 Å². The molecule has 0 radical (unpaired) electrons. The molecule has 1 nitrogen and oxygen atoms in total. The minimum atomic E-state index is -0.525. The van der Waals surface area contributed by atoms with E-state index in [-0.39, 0.29) is 6.04 Å². The summed E-state index contributed by atoms with van der Waals surface area (Å²) in [7, 11) is 0. The van der Waals surface area contributed by atoms with Crippen molar-refractivity contribution >= 4 is 0 Å². The van der Waals surface area contributed by atoms with Crippen LogP contribution in [0.15, 0.2) is 36.4 Å². The molecule has 0 spiro atoms. The minimum absolute atomic E-state index is 0.263. The third-order valence-corrected chi connectivity index (χ3v) is 3.67. The molecule has 0 aromatic heterocycles. The summed E-state index contributed by atoms with van der Waals surface area (Å²) in [6, 6.07) is 10.5. The first kappa shape index (κ1) is 15.6. The summed E-state index contributed by atoms with van der Waals surface area (Å²) in [6.45, 7) is 6.84. The maximum absolute atomic E-state index is 13.9. The number of hydrogen-bond donors (Lipinski definition) is 1. The lowest BCUT2D eigenvalue weighted by molar-refractivity contribution is 0.570. The van der Waals surface area contributed by atoms with E-state index in [4.69, 9.17) is 0 Å². The van der Waals surface area contributed by atoms with E-state index in [9.17, 15) is 8.78 Å². The van der Waals surface area contributed by atoms with Crippen LogP contribution in [-0.2, 0) is 0 Å². The average molecular weight is 289 g/mol. The molecule has 0 saturated carbocycles. The van der Waals surface area contributed by atoms with Crippen LogP contribution in [0, 0.1) is 18.6 Å². The van der Waals surface area contributed by atoms with Crippen molar-refractivity contribution in [2.24, 2.45) is 0 Å². The lowest BCUT2D eigenvalue weighted by Crippen LogP contribution is -2.19. The second kappa shape index (κ2) is 6.81. The number of rotatable bonds is 5. The van der Waals surface area contributed by atoms with Gasteiger partial charge >= 0.3 is 0 Å². The van der Waals surface area contributed by atoms with Crippen LogP contribution in [-0.4, -0.2) is 6.54 Å². The monoisotopic (exact) mass is 289 g/mol. The number of benzene rings is 2. The van der Waals surface area contributed by atoms with Crippen molar-refractivity contribution in [2.75, 3.05) is 6.54 Å². The lowest BCUT2D eigenvalue weighted by Gasteiger charge is -2.14. The first-order valence-corrected chi connectivity index (χ1v) is 7.32. The maximum atomic E-state index is 13.9. The van der Waals surface area contributed by atoms with Crippen molar-refractivity contribution in [2.45, 2.75) is 33.2 Å². The Morgan fingerprint density at radius 2 is 1.71 bits per heavy atom. The van der Waals surface area contributed by atoms with Gasteiger partial charge in [0.25, 0.3) is 0 Å². The summed E-state index contributed by atoms with van der Waals surface area (Å²) in [4.78, 5) is 0. The number of nitrogens with one attached hydrogen (secondary N) is 1. The van der Waals surface area contributed by atoms with Crippen molar-refractivity contribution in [1.82, 2.24) is 5.32 Å². The van der Waals surface area contributed by atoms with Gasteiger partial charge in [-0.15, -0.1) is 0 Å². The van der Waals surface area contributed by atoms with Gasteiger partial charge in [0.05, 0.1) is 0 Å². The average Bonchev–Trinajstić information content (AvgIpc) is 2.48. The molecule has 0 fully saturated rings. The van der Waals surface area contributed by atoms with Crippen LogP contribution in [0.5, 0.6) is 0 Å². The maximum Gasteiger partial charge on any atom is 0.133 e. The Labute approximate surface area is 125 Å². The summed E-state index contributed by atoms with van der Waals surface area (Å²) in [6.07, 6.45) is 1.09. The van der Waals surface area contributed by atoms with Gasteiger partial charge in [0.1, 0.15) is 11.6 Å². The predicted octanol–water partition coefficient (Wildman–Crippen LogP) is 5.00. The highest BCUT2D eigenvalue weighted by molar-refractivity contribution is 5.65. The van der Waals surface area contributed by atoms with Gasteiger partial charge in [-0.2, -0.15) is 0 Å². The summed E-state index contributed by atoms with van der Waals surface area (Å²) >= 11 is 0. The summed E-state index contributed by atoms with van der Waals surface area (Å²) in [5.74, 6) is -1.03. The molecule has 112 valence electrons. The fourth-order valence-electron chi connectivity index (χ4n) is 2.31. The molecule has 1 atom stereocenters. The van der Waals surface area contributed by atoms with Gasteiger partial charge in [-0.25, -0.2) is 8.78 Å². The van der Waals surface area contributed by atoms with E-state index in [1.54, 1.807) is 13.0 Å². The van der Waals surface area contributed by atoms with Crippen LogP contribution in [0.3, 0.4) is 0 Å². The Morgan fingerprint density at radius 1 is 1.05 bits per heavy atom. The van der Waals surface area contributed by atoms with E-state index >= 15 is 0 Å². The van der Waals surface area contributed by atoms with Crippen molar-refractivity contribution in [3.05, 3.63) is 59.2 Å². The van der Waals surface area contributed by atoms with Crippen molar-refractivity contribution in [3.63, 3.8) is 0 Å². The van der Waals surface area contributed by atoms with E-state index in [2.05, 4.69) is 19.2 Å². The van der Waals surface area contributed by atoms with Crippen LogP contribution >= 0.6 is 0 Å².